The highest BCUT2D eigenvalue weighted by Gasteiger charge is 2.43. The number of carbonyl (C=O) groups excluding carboxylic acids is 1. The normalized spacial score (nSPS) is 30.3. The summed E-state index contributed by atoms with van der Waals surface area (Å²) in [6.45, 7) is 14.6. The molecular weight excluding hydrogens is 196 g/mol. The van der Waals surface area contributed by atoms with Gasteiger partial charge in [0.05, 0.1) is 0 Å². The molecule has 1 aliphatic rings. The number of ketones is 1. The van der Waals surface area contributed by atoms with E-state index in [9.17, 15) is 4.79 Å². The van der Waals surface area contributed by atoms with Crippen LogP contribution in [-0.2, 0) is 4.79 Å². The summed E-state index contributed by atoms with van der Waals surface area (Å²) in [4.78, 5) is 12.4. The highest BCUT2D eigenvalue weighted by molar-refractivity contribution is 5.98. The van der Waals surface area contributed by atoms with E-state index in [1.807, 2.05) is 19.9 Å². The van der Waals surface area contributed by atoms with E-state index >= 15 is 0 Å². The van der Waals surface area contributed by atoms with Crippen molar-refractivity contribution in [1.29, 1.82) is 0 Å². The van der Waals surface area contributed by atoms with Crippen molar-refractivity contribution in [2.75, 3.05) is 0 Å². The lowest BCUT2D eigenvalue weighted by Gasteiger charge is -2.44. The molecule has 90 valence electrons. The number of Topliss-reactive ketones (excluding diaryl/α,β-unsaturated/α-hetero) is 1. The number of allylic oxidation sites excluding steroid dienone is 3. The molecule has 0 saturated heterocycles. The highest BCUT2D eigenvalue weighted by atomic mass is 16.1. The second-order valence-corrected chi connectivity index (χ2v) is 5.69. The molecule has 0 heterocycles. The van der Waals surface area contributed by atoms with E-state index in [1.165, 1.54) is 0 Å². The van der Waals surface area contributed by atoms with Crippen molar-refractivity contribution in [1.82, 2.24) is 0 Å². The first-order chi connectivity index (χ1) is 7.32. The molecule has 1 heteroatoms. The molecule has 1 saturated carbocycles. The van der Waals surface area contributed by atoms with Crippen molar-refractivity contribution in [2.24, 2.45) is 17.3 Å². The first-order valence-corrected chi connectivity index (χ1v) is 6.17. The SMILES string of the molecule is C=C1CC[C@@H](C)C(C)(C)[C@@H]1C(=O)/C(C)=C/C. The molecule has 16 heavy (non-hydrogen) atoms. The smallest absolute Gasteiger partial charge is 0.165 e. The maximum absolute atomic E-state index is 12.4. The Bertz CT molecular complexity index is 333. The number of hydrogen-bond donors (Lipinski definition) is 0. The summed E-state index contributed by atoms with van der Waals surface area (Å²) in [6.07, 6.45) is 4.06. The Balaban J connectivity index is 3.07. The molecule has 0 aromatic rings. The quantitative estimate of drug-likeness (QED) is 0.504. The van der Waals surface area contributed by atoms with Gasteiger partial charge in [0.2, 0.25) is 0 Å². The minimum absolute atomic E-state index is 0.00690. The van der Waals surface area contributed by atoms with Gasteiger partial charge in [-0.05, 0) is 43.6 Å². The van der Waals surface area contributed by atoms with Crippen LogP contribution in [0.5, 0.6) is 0 Å². The monoisotopic (exact) mass is 220 g/mol. The van der Waals surface area contributed by atoms with E-state index in [4.69, 9.17) is 0 Å². The van der Waals surface area contributed by atoms with Gasteiger partial charge >= 0.3 is 0 Å². The summed E-state index contributed by atoms with van der Waals surface area (Å²) in [5, 5.41) is 0. The highest BCUT2D eigenvalue weighted by Crippen LogP contribution is 2.48. The Morgan fingerprint density at radius 3 is 2.56 bits per heavy atom. The standard InChI is InChI=1S/C15H24O/c1-7-10(2)14(16)13-11(3)8-9-12(4)15(13,5)6/h7,12-13H,3,8-9H2,1-2,4-6H3/b10-7+/t12-,13+/m1/s1. The molecule has 0 amide bonds. The van der Waals surface area contributed by atoms with Gasteiger partial charge < -0.3 is 0 Å². The zero-order chi connectivity index (χ0) is 12.5. The first-order valence-electron chi connectivity index (χ1n) is 6.17. The van der Waals surface area contributed by atoms with Gasteiger partial charge in [0.25, 0.3) is 0 Å². The number of rotatable bonds is 2. The summed E-state index contributed by atoms with van der Waals surface area (Å²) in [7, 11) is 0. The van der Waals surface area contributed by atoms with Gasteiger partial charge in [-0.2, -0.15) is 0 Å². The zero-order valence-electron chi connectivity index (χ0n) is 11.3. The summed E-state index contributed by atoms with van der Waals surface area (Å²) in [5.41, 5.74) is 2.03. The second-order valence-electron chi connectivity index (χ2n) is 5.69. The summed E-state index contributed by atoms with van der Waals surface area (Å²) in [6, 6.07) is 0. The van der Waals surface area contributed by atoms with Gasteiger partial charge in [-0.1, -0.05) is 39.0 Å². The molecule has 1 fully saturated rings. The summed E-state index contributed by atoms with van der Waals surface area (Å²) < 4.78 is 0. The third-order valence-electron chi connectivity index (χ3n) is 4.40. The third kappa shape index (κ3) is 2.14. The molecule has 0 radical (unpaired) electrons. The predicted molar refractivity (Wildman–Crippen MR) is 69.2 cm³/mol. The van der Waals surface area contributed by atoms with Crippen molar-refractivity contribution < 1.29 is 4.79 Å². The van der Waals surface area contributed by atoms with E-state index in [0.717, 1.165) is 24.0 Å². The molecule has 0 aliphatic heterocycles. The Morgan fingerprint density at radius 1 is 1.50 bits per heavy atom. The summed E-state index contributed by atoms with van der Waals surface area (Å²) in [5.74, 6) is 0.855. The molecule has 1 rings (SSSR count). The fourth-order valence-corrected chi connectivity index (χ4v) is 2.62. The molecule has 2 atom stereocenters. The fraction of sp³-hybridized carbons (Fsp3) is 0.667. The first kappa shape index (κ1) is 13.2. The lowest BCUT2D eigenvalue weighted by Crippen LogP contribution is -2.41. The van der Waals surface area contributed by atoms with Crippen molar-refractivity contribution in [2.45, 2.75) is 47.5 Å². The van der Waals surface area contributed by atoms with Crippen LogP contribution in [0.1, 0.15) is 47.5 Å². The van der Waals surface area contributed by atoms with Crippen LogP contribution in [0, 0.1) is 17.3 Å². The molecule has 1 aliphatic carbocycles. The van der Waals surface area contributed by atoms with E-state index < -0.39 is 0 Å². The lowest BCUT2D eigenvalue weighted by molar-refractivity contribution is -0.123. The minimum Gasteiger partial charge on any atom is -0.294 e. The van der Waals surface area contributed by atoms with Crippen molar-refractivity contribution in [3.05, 3.63) is 23.8 Å². The number of hydrogen-bond acceptors (Lipinski definition) is 1. The molecule has 0 unspecified atom stereocenters. The fourth-order valence-electron chi connectivity index (χ4n) is 2.62. The Kier molecular flexibility index (Phi) is 3.77. The molecule has 0 aromatic carbocycles. The van der Waals surface area contributed by atoms with E-state index in [1.54, 1.807) is 0 Å². The van der Waals surface area contributed by atoms with Gasteiger partial charge in [0.15, 0.2) is 5.78 Å². The Labute approximate surface area is 99.6 Å². The van der Waals surface area contributed by atoms with Crippen LogP contribution in [0.2, 0.25) is 0 Å². The molecule has 0 spiro atoms. The largest absolute Gasteiger partial charge is 0.294 e. The van der Waals surface area contributed by atoms with Gasteiger partial charge in [-0.3, -0.25) is 4.79 Å². The van der Waals surface area contributed by atoms with Crippen LogP contribution < -0.4 is 0 Å². The van der Waals surface area contributed by atoms with Crippen LogP contribution in [0.3, 0.4) is 0 Å². The molecular formula is C15H24O. The molecule has 0 aromatic heterocycles. The van der Waals surface area contributed by atoms with Crippen molar-refractivity contribution in [3.8, 4) is 0 Å². The van der Waals surface area contributed by atoms with Gasteiger partial charge in [-0.15, -0.1) is 0 Å². The molecule has 1 nitrogen and oxygen atoms in total. The maximum atomic E-state index is 12.4. The lowest BCUT2D eigenvalue weighted by atomic mass is 9.59. The molecule has 0 bridgehead atoms. The molecule has 0 N–H and O–H groups in total. The second kappa shape index (κ2) is 4.57. The van der Waals surface area contributed by atoms with E-state index in [2.05, 4.69) is 27.4 Å². The topological polar surface area (TPSA) is 17.1 Å². The van der Waals surface area contributed by atoms with E-state index in [-0.39, 0.29) is 17.1 Å². The van der Waals surface area contributed by atoms with Gasteiger partial charge in [0, 0.05) is 5.92 Å². The maximum Gasteiger partial charge on any atom is 0.165 e. The van der Waals surface area contributed by atoms with Crippen LogP contribution in [0.25, 0.3) is 0 Å². The Hall–Kier alpha value is -0.850. The van der Waals surface area contributed by atoms with Crippen LogP contribution in [-0.4, -0.2) is 5.78 Å². The van der Waals surface area contributed by atoms with E-state index in [0.29, 0.717) is 5.92 Å². The third-order valence-corrected chi connectivity index (χ3v) is 4.40. The average Bonchev–Trinajstić information content (AvgIpc) is 2.22. The Morgan fingerprint density at radius 2 is 2.06 bits per heavy atom. The summed E-state index contributed by atoms with van der Waals surface area (Å²) >= 11 is 0. The van der Waals surface area contributed by atoms with Crippen molar-refractivity contribution in [3.63, 3.8) is 0 Å². The number of carbonyl (C=O) groups is 1. The average molecular weight is 220 g/mol. The zero-order valence-corrected chi connectivity index (χ0v) is 11.3. The van der Waals surface area contributed by atoms with Crippen LogP contribution in [0.4, 0.5) is 0 Å². The van der Waals surface area contributed by atoms with Crippen molar-refractivity contribution >= 4 is 5.78 Å². The van der Waals surface area contributed by atoms with Gasteiger partial charge in [0.1, 0.15) is 0 Å². The van der Waals surface area contributed by atoms with Crippen LogP contribution in [0.15, 0.2) is 23.8 Å². The predicted octanol–water partition coefficient (Wildman–Crippen LogP) is 4.15. The minimum atomic E-state index is 0.00690. The van der Waals surface area contributed by atoms with Gasteiger partial charge in [-0.25, -0.2) is 0 Å². The van der Waals surface area contributed by atoms with Crippen LogP contribution >= 0.6 is 0 Å².